The molecule has 0 heterocycles. The average Bonchev–Trinajstić information content (AvgIpc) is 2.46. The summed E-state index contributed by atoms with van der Waals surface area (Å²) >= 11 is 6.19. The molecule has 0 aromatic heterocycles. The molecule has 0 saturated carbocycles. The number of aliphatic imine (C=N–C) groups is 1. The maximum atomic E-state index is 13.6. The molecule has 0 radical (unpaired) electrons. The van der Waals surface area contributed by atoms with Gasteiger partial charge in [0.1, 0.15) is 5.75 Å². The third-order valence-corrected chi connectivity index (χ3v) is 3.13. The van der Waals surface area contributed by atoms with Crippen LogP contribution in [0.2, 0.25) is 5.02 Å². The van der Waals surface area contributed by atoms with Gasteiger partial charge in [-0.25, -0.2) is 4.39 Å². The van der Waals surface area contributed by atoms with E-state index >= 15 is 0 Å². The third-order valence-electron chi connectivity index (χ3n) is 2.82. The lowest BCUT2D eigenvalue weighted by atomic mass is 10.2. The van der Waals surface area contributed by atoms with E-state index in [4.69, 9.17) is 16.3 Å². The predicted octanol–water partition coefficient (Wildman–Crippen LogP) is 5.04. The van der Waals surface area contributed by atoms with Crippen LogP contribution in [-0.4, -0.2) is 12.9 Å². The van der Waals surface area contributed by atoms with Crippen molar-refractivity contribution in [1.82, 2.24) is 0 Å². The van der Waals surface area contributed by atoms with E-state index in [1.807, 2.05) is 19.9 Å². The molecule has 0 aliphatic heterocycles. The number of rotatable bonds is 5. The Morgan fingerprint density at radius 3 is 2.76 bits per heavy atom. The van der Waals surface area contributed by atoms with Gasteiger partial charge in [-0.05, 0) is 37.6 Å². The molecular weight excluding hydrogens is 291 g/mol. The smallest absolute Gasteiger partial charge is 0.165 e. The Kier molecular flexibility index (Phi) is 5.17. The van der Waals surface area contributed by atoms with Crippen molar-refractivity contribution in [1.29, 1.82) is 0 Å². The molecule has 0 aliphatic rings. The van der Waals surface area contributed by atoms with Crippen LogP contribution in [0.4, 0.5) is 10.1 Å². The van der Waals surface area contributed by atoms with Crippen molar-refractivity contribution in [2.24, 2.45) is 4.99 Å². The van der Waals surface area contributed by atoms with Crippen LogP contribution >= 0.6 is 11.6 Å². The topological polar surface area (TPSA) is 33.6 Å². The number of nitrogens with zero attached hydrogens (tertiary/aromatic N) is 1. The molecule has 5 heteroatoms. The van der Waals surface area contributed by atoms with Crippen molar-refractivity contribution in [2.45, 2.75) is 13.8 Å². The summed E-state index contributed by atoms with van der Waals surface area (Å²) in [6.45, 7) is 4.50. The van der Waals surface area contributed by atoms with Gasteiger partial charge in [0.25, 0.3) is 0 Å². The summed E-state index contributed by atoms with van der Waals surface area (Å²) in [5, 5.41) is 3.48. The van der Waals surface area contributed by atoms with Gasteiger partial charge in [-0.3, -0.25) is 4.99 Å². The van der Waals surface area contributed by atoms with Gasteiger partial charge in [-0.1, -0.05) is 23.7 Å². The molecule has 2 rings (SSSR count). The van der Waals surface area contributed by atoms with Crippen LogP contribution in [0.3, 0.4) is 0 Å². The SMILES string of the molecule is CCN=CNc1cc(C)c(Oc2ccccc2F)cc1Cl. The first-order valence-corrected chi connectivity index (χ1v) is 6.97. The number of benzene rings is 2. The normalized spacial score (nSPS) is 10.9. The highest BCUT2D eigenvalue weighted by molar-refractivity contribution is 6.33. The number of hydrogen-bond donors (Lipinski definition) is 1. The van der Waals surface area contributed by atoms with Gasteiger partial charge in [0.15, 0.2) is 11.6 Å². The van der Waals surface area contributed by atoms with Crippen molar-refractivity contribution >= 4 is 23.6 Å². The van der Waals surface area contributed by atoms with Crippen molar-refractivity contribution in [3.05, 3.63) is 52.8 Å². The van der Waals surface area contributed by atoms with E-state index in [1.54, 1.807) is 30.6 Å². The first kappa shape index (κ1) is 15.3. The largest absolute Gasteiger partial charge is 0.454 e. The molecule has 0 fully saturated rings. The molecule has 0 saturated heterocycles. The fourth-order valence-corrected chi connectivity index (χ4v) is 1.94. The Morgan fingerprint density at radius 1 is 1.29 bits per heavy atom. The van der Waals surface area contributed by atoms with E-state index in [9.17, 15) is 4.39 Å². The van der Waals surface area contributed by atoms with Crippen LogP contribution in [0, 0.1) is 12.7 Å². The second-order valence-electron chi connectivity index (χ2n) is 4.40. The first-order chi connectivity index (χ1) is 10.1. The molecule has 3 nitrogen and oxygen atoms in total. The predicted molar refractivity (Wildman–Crippen MR) is 85.3 cm³/mol. The zero-order valence-electron chi connectivity index (χ0n) is 11.9. The number of aryl methyl sites for hydroxylation is 1. The highest BCUT2D eigenvalue weighted by Crippen LogP contribution is 2.33. The van der Waals surface area contributed by atoms with Crippen LogP contribution in [-0.2, 0) is 0 Å². The number of halogens is 2. The number of ether oxygens (including phenoxy) is 1. The highest BCUT2D eigenvalue weighted by Gasteiger charge is 2.09. The maximum absolute atomic E-state index is 13.6. The molecule has 2 aromatic carbocycles. The van der Waals surface area contributed by atoms with Gasteiger partial charge in [0.05, 0.1) is 17.0 Å². The van der Waals surface area contributed by atoms with Gasteiger partial charge in [-0.2, -0.15) is 0 Å². The molecule has 2 aromatic rings. The van der Waals surface area contributed by atoms with E-state index in [0.29, 0.717) is 17.3 Å². The van der Waals surface area contributed by atoms with Crippen molar-refractivity contribution in [2.75, 3.05) is 11.9 Å². The second-order valence-corrected chi connectivity index (χ2v) is 4.81. The van der Waals surface area contributed by atoms with Crippen molar-refractivity contribution < 1.29 is 9.13 Å². The van der Waals surface area contributed by atoms with E-state index in [0.717, 1.165) is 11.3 Å². The third kappa shape index (κ3) is 3.95. The molecule has 0 unspecified atom stereocenters. The Hall–Kier alpha value is -2.07. The number of para-hydroxylation sites is 1. The number of anilines is 1. The maximum Gasteiger partial charge on any atom is 0.165 e. The summed E-state index contributed by atoms with van der Waals surface area (Å²) in [6, 6.07) is 9.74. The fraction of sp³-hybridized carbons (Fsp3) is 0.188. The minimum Gasteiger partial charge on any atom is -0.454 e. The van der Waals surface area contributed by atoms with E-state index in [1.165, 1.54) is 6.07 Å². The molecule has 21 heavy (non-hydrogen) atoms. The molecule has 0 bridgehead atoms. The van der Waals surface area contributed by atoms with Crippen LogP contribution < -0.4 is 10.1 Å². The summed E-state index contributed by atoms with van der Waals surface area (Å²) in [5.74, 6) is 0.276. The van der Waals surface area contributed by atoms with Crippen LogP contribution in [0.25, 0.3) is 0 Å². The summed E-state index contributed by atoms with van der Waals surface area (Å²) < 4.78 is 19.2. The van der Waals surface area contributed by atoms with Gasteiger partial charge >= 0.3 is 0 Å². The van der Waals surface area contributed by atoms with Gasteiger partial charge in [0, 0.05) is 12.6 Å². The summed E-state index contributed by atoms with van der Waals surface area (Å²) in [4.78, 5) is 4.06. The quantitative estimate of drug-likeness (QED) is 0.620. The Labute approximate surface area is 128 Å². The highest BCUT2D eigenvalue weighted by atomic mass is 35.5. The molecule has 0 amide bonds. The minimum absolute atomic E-state index is 0.171. The summed E-state index contributed by atoms with van der Waals surface area (Å²) in [5.41, 5.74) is 1.57. The van der Waals surface area contributed by atoms with Gasteiger partial charge in [-0.15, -0.1) is 0 Å². The van der Waals surface area contributed by atoms with Gasteiger partial charge in [0.2, 0.25) is 0 Å². The molecule has 110 valence electrons. The van der Waals surface area contributed by atoms with E-state index in [2.05, 4.69) is 10.3 Å². The number of hydrogen-bond acceptors (Lipinski definition) is 2. The standard InChI is InChI=1S/C16H16ClFN2O/c1-3-19-10-20-14-8-11(2)16(9-12(14)17)21-15-7-5-4-6-13(15)18/h4-10H,3H2,1-2H3,(H,19,20). The monoisotopic (exact) mass is 306 g/mol. The molecule has 1 N–H and O–H groups in total. The van der Waals surface area contributed by atoms with Gasteiger partial charge < -0.3 is 10.1 Å². The van der Waals surface area contributed by atoms with E-state index in [-0.39, 0.29) is 5.75 Å². The number of nitrogens with one attached hydrogen (secondary N) is 1. The van der Waals surface area contributed by atoms with Crippen LogP contribution in [0.5, 0.6) is 11.5 Å². The van der Waals surface area contributed by atoms with Crippen LogP contribution in [0.15, 0.2) is 41.4 Å². The van der Waals surface area contributed by atoms with Crippen LogP contribution in [0.1, 0.15) is 12.5 Å². The summed E-state index contributed by atoms with van der Waals surface area (Å²) in [7, 11) is 0. The van der Waals surface area contributed by atoms with Crippen molar-refractivity contribution in [3.8, 4) is 11.5 Å². The lowest BCUT2D eigenvalue weighted by molar-refractivity contribution is 0.440. The lowest BCUT2D eigenvalue weighted by Gasteiger charge is -2.12. The lowest BCUT2D eigenvalue weighted by Crippen LogP contribution is -1.98. The second kappa shape index (κ2) is 7.09. The molecule has 0 atom stereocenters. The fourth-order valence-electron chi connectivity index (χ4n) is 1.74. The summed E-state index contributed by atoms with van der Waals surface area (Å²) in [6.07, 6.45) is 1.60. The Morgan fingerprint density at radius 2 is 2.05 bits per heavy atom. The Balaban J connectivity index is 2.24. The minimum atomic E-state index is -0.412. The molecule has 0 aliphatic carbocycles. The zero-order valence-corrected chi connectivity index (χ0v) is 12.6. The first-order valence-electron chi connectivity index (χ1n) is 6.59. The molecule has 0 spiro atoms. The van der Waals surface area contributed by atoms with E-state index < -0.39 is 5.82 Å². The molecular formula is C16H16ClFN2O. The average molecular weight is 307 g/mol. The Bertz CT molecular complexity index is 659. The zero-order chi connectivity index (χ0) is 15.2. The van der Waals surface area contributed by atoms with Crippen molar-refractivity contribution in [3.63, 3.8) is 0 Å².